The largest absolute Gasteiger partial charge is 0.497 e. The second-order valence-corrected chi connectivity index (χ2v) is 7.25. The minimum absolute atomic E-state index is 0.139. The first-order valence-electron chi connectivity index (χ1n) is 10.5. The Morgan fingerprint density at radius 2 is 1.54 bits per heavy atom. The van der Waals surface area contributed by atoms with Gasteiger partial charge in [0.25, 0.3) is 11.5 Å². The van der Waals surface area contributed by atoms with Crippen molar-refractivity contribution in [1.29, 1.82) is 0 Å². The summed E-state index contributed by atoms with van der Waals surface area (Å²) in [6, 6.07) is 20.8. The highest BCUT2D eigenvalue weighted by atomic mass is 16.5. The van der Waals surface area contributed by atoms with Gasteiger partial charge in [0.15, 0.2) is 12.3 Å². The molecule has 0 saturated carbocycles. The second-order valence-electron chi connectivity index (χ2n) is 7.25. The van der Waals surface area contributed by atoms with Crippen LogP contribution in [0, 0.1) is 0 Å². The highest BCUT2D eigenvalue weighted by Gasteiger charge is 2.20. The molecule has 3 aromatic carbocycles. The zero-order valence-electron chi connectivity index (χ0n) is 18.6. The molecule has 0 aliphatic carbocycles. The van der Waals surface area contributed by atoms with Crippen LogP contribution in [-0.2, 0) is 9.53 Å². The van der Waals surface area contributed by atoms with Gasteiger partial charge in [-0.15, -0.1) is 0 Å². The molecule has 0 aliphatic heterocycles. The van der Waals surface area contributed by atoms with Crippen LogP contribution in [-0.4, -0.2) is 41.4 Å². The molecule has 2 N–H and O–H groups in total. The number of nitrogens with zero attached hydrogens (tertiary/aromatic N) is 2. The molecule has 0 spiro atoms. The zero-order chi connectivity index (χ0) is 24.8. The van der Waals surface area contributed by atoms with Crippen molar-refractivity contribution in [3.8, 4) is 11.4 Å². The van der Waals surface area contributed by atoms with Crippen LogP contribution in [0.1, 0.15) is 10.5 Å². The molecule has 1 aromatic heterocycles. The fourth-order valence-electron chi connectivity index (χ4n) is 3.28. The van der Waals surface area contributed by atoms with Gasteiger partial charge in [-0.2, -0.15) is 9.78 Å². The fraction of sp³-hybridized carbons (Fsp3) is 0.0800. The molecule has 0 atom stereocenters. The van der Waals surface area contributed by atoms with E-state index in [9.17, 15) is 19.2 Å². The molecule has 1 heterocycles. The van der Waals surface area contributed by atoms with Gasteiger partial charge >= 0.3 is 12.0 Å². The van der Waals surface area contributed by atoms with E-state index in [2.05, 4.69) is 15.7 Å². The number of methoxy groups -OCH3 is 1. The number of hydrogen-bond acceptors (Lipinski definition) is 7. The van der Waals surface area contributed by atoms with Crippen LogP contribution in [0.2, 0.25) is 0 Å². The molecule has 10 heteroatoms. The number of amides is 3. The summed E-state index contributed by atoms with van der Waals surface area (Å²) in [5, 5.41) is 9.29. The predicted octanol–water partition coefficient (Wildman–Crippen LogP) is 2.90. The summed E-state index contributed by atoms with van der Waals surface area (Å²) < 4.78 is 11.2. The predicted molar refractivity (Wildman–Crippen MR) is 128 cm³/mol. The van der Waals surface area contributed by atoms with Gasteiger partial charge in [-0.1, -0.05) is 36.4 Å². The Kier molecular flexibility index (Phi) is 6.82. The highest BCUT2D eigenvalue weighted by molar-refractivity contribution is 6.04. The van der Waals surface area contributed by atoms with Gasteiger partial charge in [-0.3, -0.25) is 14.9 Å². The SMILES string of the molecule is COc1ccc(NC(=O)NC(=O)COC(=O)c2nn(-c3ccccc3)c(=O)c3ccccc23)cc1. The number of nitrogens with one attached hydrogen (secondary N) is 2. The van der Waals surface area contributed by atoms with E-state index in [1.54, 1.807) is 78.9 Å². The summed E-state index contributed by atoms with van der Waals surface area (Å²) in [4.78, 5) is 49.9. The number of aromatic nitrogens is 2. The summed E-state index contributed by atoms with van der Waals surface area (Å²) in [7, 11) is 1.52. The van der Waals surface area contributed by atoms with Crippen LogP contribution in [0.3, 0.4) is 0 Å². The molecule has 0 radical (unpaired) electrons. The van der Waals surface area contributed by atoms with Crippen LogP contribution in [0.15, 0.2) is 83.7 Å². The highest BCUT2D eigenvalue weighted by Crippen LogP contribution is 2.16. The van der Waals surface area contributed by atoms with Gasteiger partial charge in [-0.05, 0) is 42.5 Å². The number of fused-ring (bicyclic) bond motifs is 1. The Hall–Kier alpha value is -4.99. The van der Waals surface area contributed by atoms with Gasteiger partial charge in [0.05, 0.1) is 18.2 Å². The van der Waals surface area contributed by atoms with Crippen LogP contribution >= 0.6 is 0 Å². The first-order chi connectivity index (χ1) is 17.0. The van der Waals surface area contributed by atoms with E-state index >= 15 is 0 Å². The number of rotatable bonds is 6. The molecule has 35 heavy (non-hydrogen) atoms. The van der Waals surface area contributed by atoms with E-state index in [0.717, 1.165) is 4.68 Å². The molecule has 10 nitrogen and oxygen atoms in total. The Morgan fingerprint density at radius 1 is 0.886 bits per heavy atom. The average molecular weight is 472 g/mol. The lowest BCUT2D eigenvalue weighted by Gasteiger charge is -2.11. The maximum atomic E-state index is 12.9. The van der Waals surface area contributed by atoms with Crippen molar-refractivity contribution in [2.24, 2.45) is 0 Å². The van der Waals surface area contributed by atoms with E-state index in [0.29, 0.717) is 17.1 Å². The van der Waals surface area contributed by atoms with Gasteiger partial charge in [0.1, 0.15) is 5.75 Å². The Labute approximate surface area is 199 Å². The lowest BCUT2D eigenvalue weighted by molar-refractivity contribution is -0.123. The van der Waals surface area contributed by atoms with E-state index < -0.39 is 30.1 Å². The van der Waals surface area contributed by atoms with Crippen molar-refractivity contribution < 1.29 is 23.9 Å². The number of ether oxygens (including phenoxy) is 2. The number of hydrogen-bond donors (Lipinski definition) is 2. The average Bonchev–Trinajstić information content (AvgIpc) is 2.88. The van der Waals surface area contributed by atoms with E-state index in [4.69, 9.17) is 9.47 Å². The number of carbonyl (C=O) groups is 3. The van der Waals surface area contributed by atoms with Crippen LogP contribution < -0.4 is 20.9 Å². The molecule has 3 amide bonds. The second kappa shape index (κ2) is 10.3. The maximum absolute atomic E-state index is 12.9. The van der Waals surface area contributed by atoms with Gasteiger partial charge in [0, 0.05) is 11.1 Å². The third kappa shape index (κ3) is 5.33. The maximum Gasteiger partial charge on any atom is 0.359 e. The van der Waals surface area contributed by atoms with Crippen molar-refractivity contribution >= 4 is 34.4 Å². The molecule has 0 fully saturated rings. The first kappa shape index (κ1) is 23.2. The summed E-state index contributed by atoms with van der Waals surface area (Å²) >= 11 is 0. The van der Waals surface area contributed by atoms with Crippen molar-refractivity contribution in [3.05, 3.63) is 94.9 Å². The van der Waals surface area contributed by atoms with Gasteiger partial charge in [0.2, 0.25) is 0 Å². The number of imide groups is 1. The first-order valence-corrected chi connectivity index (χ1v) is 10.5. The minimum Gasteiger partial charge on any atom is -0.497 e. The number of urea groups is 1. The number of anilines is 1. The van der Waals surface area contributed by atoms with E-state index in [1.165, 1.54) is 7.11 Å². The lowest BCUT2D eigenvalue weighted by atomic mass is 10.1. The number of esters is 1. The Bertz CT molecular complexity index is 1450. The Balaban J connectivity index is 1.46. The molecular weight excluding hydrogens is 452 g/mol. The summed E-state index contributed by atoms with van der Waals surface area (Å²) in [5.74, 6) is -1.15. The molecule has 0 bridgehead atoms. The van der Waals surface area contributed by atoms with Crippen molar-refractivity contribution in [3.63, 3.8) is 0 Å². The smallest absolute Gasteiger partial charge is 0.359 e. The van der Waals surface area contributed by atoms with Crippen molar-refractivity contribution in [2.75, 3.05) is 19.0 Å². The third-order valence-corrected chi connectivity index (χ3v) is 4.93. The topological polar surface area (TPSA) is 129 Å². The normalized spacial score (nSPS) is 10.4. The van der Waals surface area contributed by atoms with Crippen LogP contribution in [0.5, 0.6) is 5.75 Å². The van der Waals surface area contributed by atoms with Crippen molar-refractivity contribution in [2.45, 2.75) is 0 Å². The molecule has 176 valence electrons. The summed E-state index contributed by atoms with van der Waals surface area (Å²) in [6.07, 6.45) is 0. The zero-order valence-corrected chi connectivity index (χ0v) is 18.6. The monoisotopic (exact) mass is 472 g/mol. The van der Waals surface area contributed by atoms with Gasteiger partial charge < -0.3 is 14.8 Å². The summed E-state index contributed by atoms with van der Waals surface area (Å²) in [6.45, 7) is -0.727. The quantitative estimate of drug-likeness (QED) is 0.413. The summed E-state index contributed by atoms with van der Waals surface area (Å²) in [5.41, 5.74) is 0.355. The molecule has 0 aliphatic rings. The number of carbonyl (C=O) groups excluding carboxylic acids is 3. The Morgan fingerprint density at radius 3 is 2.23 bits per heavy atom. The van der Waals surface area contributed by atoms with E-state index in [1.807, 2.05) is 0 Å². The van der Waals surface area contributed by atoms with E-state index in [-0.39, 0.29) is 16.5 Å². The molecule has 4 rings (SSSR count). The fourth-order valence-corrected chi connectivity index (χ4v) is 3.28. The molecule has 4 aromatic rings. The van der Waals surface area contributed by atoms with Crippen LogP contribution in [0.25, 0.3) is 16.5 Å². The molecular formula is C25H20N4O6. The third-order valence-electron chi connectivity index (χ3n) is 4.93. The number of para-hydroxylation sites is 1. The van der Waals surface area contributed by atoms with Gasteiger partial charge in [-0.25, -0.2) is 9.59 Å². The lowest BCUT2D eigenvalue weighted by Crippen LogP contribution is -2.37. The standard InChI is InChI=1S/C25H20N4O6/c1-34-18-13-11-16(12-14-18)26-25(33)27-21(30)15-35-24(32)22-19-9-5-6-10-20(19)23(31)29(28-22)17-7-3-2-4-8-17/h2-14H,15H2,1H3,(H2,26,27,30,33). The molecule has 0 unspecified atom stereocenters. The van der Waals surface area contributed by atoms with Crippen LogP contribution in [0.4, 0.5) is 10.5 Å². The number of benzene rings is 3. The molecule has 0 saturated heterocycles. The van der Waals surface area contributed by atoms with Crippen molar-refractivity contribution in [1.82, 2.24) is 15.1 Å². The minimum atomic E-state index is -0.920.